The SMILES string of the molecule is COc1ccc(CC(=O)NC(C(=O)NC(Cc2ccccc2)C(O)CCC(=O)NCCc2ccccc2)C(C)C)cc1OC. The number of aliphatic hydroxyl groups is 1. The summed E-state index contributed by atoms with van der Waals surface area (Å²) in [6, 6.07) is 23.2. The van der Waals surface area contributed by atoms with Crippen LogP contribution in [0.15, 0.2) is 78.9 Å². The Morgan fingerprint density at radius 2 is 1.41 bits per heavy atom. The van der Waals surface area contributed by atoms with Crippen LogP contribution in [-0.4, -0.2) is 61.8 Å². The molecule has 236 valence electrons. The number of benzene rings is 3. The zero-order chi connectivity index (χ0) is 31.9. The second kappa shape index (κ2) is 17.7. The number of carbonyl (C=O) groups excluding carboxylic acids is 3. The van der Waals surface area contributed by atoms with Crippen molar-refractivity contribution in [2.24, 2.45) is 5.92 Å². The summed E-state index contributed by atoms with van der Waals surface area (Å²) in [7, 11) is 3.07. The molecule has 0 aromatic heterocycles. The van der Waals surface area contributed by atoms with Crippen molar-refractivity contribution in [3.63, 3.8) is 0 Å². The number of nitrogens with one attached hydrogen (secondary N) is 3. The molecule has 0 spiro atoms. The van der Waals surface area contributed by atoms with E-state index in [4.69, 9.17) is 9.47 Å². The van der Waals surface area contributed by atoms with Gasteiger partial charge in [0.1, 0.15) is 6.04 Å². The van der Waals surface area contributed by atoms with Gasteiger partial charge >= 0.3 is 0 Å². The lowest BCUT2D eigenvalue weighted by molar-refractivity contribution is -0.130. The van der Waals surface area contributed by atoms with E-state index in [1.807, 2.05) is 74.5 Å². The number of ether oxygens (including phenoxy) is 2. The molecule has 0 fully saturated rings. The van der Waals surface area contributed by atoms with Crippen molar-refractivity contribution >= 4 is 17.7 Å². The van der Waals surface area contributed by atoms with Crippen molar-refractivity contribution in [2.45, 2.75) is 64.1 Å². The lowest BCUT2D eigenvalue weighted by atomic mass is 9.96. The molecule has 3 aromatic rings. The molecule has 3 rings (SSSR count). The van der Waals surface area contributed by atoms with Gasteiger partial charge in [0.15, 0.2) is 11.5 Å². The minimum atomic E-state index is -0.977. The van der Waals surface area contributed by atoms with Crippen LogP contribution in [0.25, 0.3) is 0 Å². The van der Waals surface area contributed by atoms with E-state index < -0.39 is 24.1 Å². The number of amides is 3. The highest BCUT2D eigenvalue weighted by atomic mass is 16.5. The average Bonchev–Trinajstić information content (AvgIpc) is 3.02. The summed E-state index contributed by atoms with van der Waals surface area (Å²) in [5.74, 6) is -0.0183. The fourth-order valence-electron chi connectivity index (χ4n) is 4.92. The molecule has 44 heavy (non-hydrogen) atoms. The van der Waals surface area contributed by atoms with E-state index in [1.54, 1.807) is 25.3 Å². The Morgan fingerprint density at radius 1 is 0.773 bits per heavy atom. The summed E-state index contributed by atoms with van der Waals surface area (Å²) in [5.41, 5.74) is 2.78. The molecule has 0 radical (unpaired) electrons. The van der Waals surface area contributed by atoms with Gasteiger partial charge in [-0.25, -0.2) is 0 Å². The monoisotopic (exact) mass is 603 g/mol. The van der Waals surface area contributed by atoms with E-state index in [0.717, 1.165) is 17.5 Å². The zero-order valence-corrected chi connectivity index (χ0v) is 26.0. The standard InChI is InChI=1S/C35H45N3O6/c1-24(2)34(38-33(41)23-27-15-17-30(43-3)31(22-27)44-4)35(42)37-28(21-26-13-9-6-10-14-26)29(39)16-18-32(40)36-20-19-25-11-7-5-8-12-25/h5-15,17,22,24,28-29,34,39H,16,18-21,23H2,1-4H3,(H,36,40)(H,37,42)(H,38,41). The summed E-state index contributed by atoms with van der Waals surface area (Å²) >= 11 is 0. The van der Waals surface area contributed by atoms with Crippen molar-refractivity contribution in [1.82, 2.24) is 16.0 Å². The first-order chi connectivity index (χ1) is 21.2. The fourth-order valence-corrected chi connectivity index (χ4v) is 4.92. The number of aliphatic hydroxyl groups excluding tert-OH is 1. The first-order valence-corrected chi connectivity index (χ1v) is 15.0. The highest BCUT2D eigenvalue weighted by molar-refractivity contribution is 5.89. The van der Waals surface area contributed by atoms with Gasteiger partial charge in [-0.2, -0.15) is 0 Å². The molecule has 9 nitrogen and oxygen atoms in total. The van der Waals surface area contributed by atoms with Gasteiger partial charge in [-0.1, -0.05) is 80.6 Å². The van der Waals surface area contributed by atoms with Gasteiger partial charge in [-0.15, -0.1) is 0 Å². The topological polar surface area (TPSA) is 126 Å². The molecule has 0 aliphatic heterocycles. The van der Waals surface area contributed by atoms with Crippen LogP contribution >= 0.6 is 0 Å². The smallest absolute Gasteiger partial charge is 0.243 e. The zero-order valence-electron chi connectivity index (χ0n) is 26.0. The molecule has 0 heterocycles. The van der Waals surface area contributed by atoms with E-state index in [2.05, 4.69) is 16.0 Å². The third-order valence-electron chi connectivity index (χ3n) is 7.41. The fraction of sp³-hybridized carbons (Fsp3) is 0.400. The maximum absolute atomic E-state index is 13.5. The molecular weight excluding hydrogens is 558 g/mol. The lowest BCUT2D eigenvalue weighted by Crippen LogP contribution is -2.55. The molecule has 0 bridgehead atoms. The van der Waals surface area contributed by atoms with E-state index in [-0.39, 0.29) is 37.0 Å². The Kier molecular flexibility index (Phi) is 13.7. The summed E-state index contributed by atoms with van der Waals surface area (Å²) in [6.45, 7) is 4.20. The molecule has 9 heteroatoms. The molecule has 0 aliphatic carbocycles. The molecule has 3 amide bonds. The minimum Gasteiger partial charge on any atom is -0.493 e. The van der Waals surface area contributed by atoms with Crippen LogP contribution in [0.1, 0.15) is 43.4 Å². The van der Waals surface area contributed by atoms with Crippen molar-refractivity contribution in [1.29, 1.82) is 0 Å². The third kappa shape index (κ3) is 11.0. The van der Waals surface area contributed by atoms with Crippen molar-refractivity contribution in [3.8, 4) is 11.5 Å². The number of rotatable bonds is 17. The second-order valence-corrected chi connectivity index (χ2v) is 11.2. The first kappa shape index (κ1) is 34.1. The van der Waals surface area contributed by atoms with E-state index in [1.165, 1.54) is 7.11 Å². The highest BCUT2D eigenvalue weighted by Gasteiger charge is 2.29. The van der Waals surface area contributed by atoms with Gasteiger partial charge in [0, 0.05) is 13.0 Å². The molecule has 3 aromatic carbocycles. The second-order valence-electron chi connectivity index (χ2n) is 11.2. The van der Waals surface area contributed by atoms with Crippen molar-refractivity contribution in [2.75, 3.05) is 20.8 Å². The summed E-state index contributed by atoms with van der Waals surface area (Å²) < 4.78 is 10.6. The van der Waals surface area contributed by atoms with E-state index in [0.29, 0.717) is 30.0 Å². The predicted octanol–water partition coefficient (Wildman–Crippen LogP) is 3.61. The molecule has 4 N–H and O–H groups in total. The first-order valence-electron chi connectivity index (χ1n) is 15.0. The molecular formula is C35H45N3O6. The Balaban J connectivity index is 1.61. The van der Waals surface area contributed by atoms with Gasteiger partial charge in [-0.05, 0) is 54.0 Å². The maximum atomic E-state index is 13.5. The van der Waals surface area contributed by atoms with E-state index in [9.17, 15) is 19.5 Å². The van der Waals surface area contributed by atoms with E-state index >= 15 is 0 Å². The lowest BCUT2D eigenvalue weighted by Gasteiger charge is -2.28. The molecule has 0 saturated heterocycles. The molecule has 0 aliphatic rings. The van der Waals surface area contributed by atoms with Crippen LogP contribution in [0.5, 0.6) is 11.5 Å². The Morgan fingerprint density at radius 3 is 2.02 bits per heavy atom. The summed E-state index contributed by atoms with van der Waals surface area (Å²) in [5, 5.41) is 19.9. The van der Waals surface area contributed by atoms with Crippen LogP contribution in [0, 0.1) is 5.92 Å². The quantitative estimate of drug-likeness (QED) is 0.187. The number of carbonyl (C=O) groups is 3. The van der Waals surface area contributed by atoms with Gasteiger partial charge in [0.25, 0.3) is 0 Å². The normalized spacial score (nSPS) is 13.0. The van der Waals surface area contributed by atoms with Gasteiger partial charge in [-0.3, -0.25) is 14.4 Å². The molecule has 3 unspecified atom stereocenters. The van der Waals surface area contributed by atoms with Crippen LogP contribution in [0.4, 0.5) is 0 Å². The highest BCUT2D eigenvalue weighted by Crippen LogP contribution is 2.27. The third-order valence-corrected chi connectivity index (χ3v) is 7.41. The van der Waals surface area contributed by atoms with Gasteiger partial charge in [0.2, 0.25) is 17.7 Å². The number of hydrogen-bond acceptors (Lipinski definition) is 6. The van der Waals surface area contributed by atoms with Crippen molar-refractivity contribution < 1.29 is 29.0 Å². The van der Waals surface area contributed by atoms with Gasteiger partial charge in [0.05, 0.1) is 32.8 Å². The number of hydrogen-bond donors (Lipinski definition) is 4. The van der Waals surface area contributed by atoms with Crippen molar-refractivity contribution in [3.05, 3.63) is 95.6 Å². The van der Waals surface area contributed by atoms with Crippen LogP contribution < -0.4 is 25.4 Å². The Bertz CT molecular complexity index is 1330. The van der Waals surface area contributed by atoms with Crippen LogP contribution in [-0.2, 0) is 33.6 Å². The van der Waals surface area contributed by atoms with Gasteiger partial charge < -0.3 is 30.5 Å². The summed E-state index contributed by atoms with van der Waals surface area (Å²) in [6.07, 6.45) is 0.449. The predicted molar refractivity (Wildman–Crippen MR) is 170 cm³/mol. The minimum absolute atomic E-state index is 0.0479. The molecule has 0 saturated carbocycles. The number of methoxy groups -OCH3 is 2. The summed E-state index contributed by atoms with van der Waals surface area (Å²) in [4.78, 5) is 39.0. The Labute approximate surface area is 260 Å². The van der Waals surface area contributed by atoms with Crippen LogP contribution in [0.2, 0.25) is 0 Å². The largest absolute Gasteiger partial charge is 0.493 e. The average molecular weight is 604 g/mol. The Hall–Kier alpha value is -4.37. The maximum Gasteiger partial charge on any atom is 0.243 e. The van der Waals surface area contributed by atoms with Crippen LogP contribution in [0.3, 0.4) is 0 Å². The molecule has 3 atom stereocenters.